The molecule has 2 amide bonds. The molecular weight excluding hydrogens is 292 g/mol. The monoisotopic (exact) mass is 316 g/mol. The normalized spacial score (nSPS) is 21.6. The van der Waals surface area contributed by atoms with E-state index in [1.165, 1.54) is 6.42 Å². The minimum atomic E-state index is -0.227. The van der Waals surface area contributed by atoms with Gasteiger partial charge in [0.25, 0.3) is 0 Å². The molecule has 2 fully saturated rings. The largest absolute Gasteiger partial charge is 0.492 e. The van der Waals surface area contributed by atoms with Crippen molar-refractivity contribution >= 4 is 17.5 Å². The fourth-order valence-corrected chi connectivity index (χ4v) is 3.44. The highest BCUT2D eigenvalue weighted by molar-refractivity contribution is 6.01. The lowest BCUT2D eigenvalue weighted by atomic mass is 10.0. The second-order valence-corrected chi connectivity index (χ2v) is 6.19. The zero-order valence-electron chi connectivity index (χ0n) is 13.7. The number of hydrogen-bond donors (Lipinski definition) is 0. The van der Waals surface area contributed by atoms with E-state index in [-0.39, 0.29) is 17.7 Å². The molecule has 0 aliphatic carbocycles. The van der Waals surface area contributed by atoms with Gasteiger partial charge in [0.2, 0.25) is 11.8 Å². The number of ether oxygens (including phenoxy) is 1. The lowest BCUT2D eigenvalue weighted by molar-refractivity contribution is -0.136. The van der Waals surface area contributed by atoms with Crippen molar-refractivity contribution in [2.75, 3.05) is 31.1 Å². The minimum Gasteiger partial charge on any atom is -0.492 e. The Labute approximate surface area is 137 Å². The number of rotatable bonds is 4. The number of carbonyl (C=O) groups excluding carboxylic acids is 2. The first-order valence-electron chi connectivity index (χ1n) is 8.51. The van der Waals surface area contributed by atoms with Gasteiger partial charge in [-0.15, -0.1) is 0 Å². The number of carbonyl (C=O) groups is 2. The molecule has 0 radical (unpaired) electrons. The minimum absolute atomic E-state index is 0.00696. The maximum atomic E-state index is 12.6. The van der Waals surface area contributed by atoms with Crippen LogP contribution in [0.5, 0.6) is 5.75 Å². The summed E-state index contributed by atoms with van der Waals surface area (Å²) in [6, 6.07) is 7.54. The second-order valence-electron chi connectivity index (χ2n) is 6.19. The molecule has 2 saturated heterocycles. The van der Waals surface area contributed by atoms with E-state index in [1.54, 1.807) is 4.90 Å². The van der Waals surface area contributed by atoms with Gasteiger partial charge < -0.3 is 14.5 Å². The van der Waals surface area contributed by atoms with Gasteiger partial charge in [-0.05, 0) is 38.3 Å². The molecule has 0 spiro atoms. The summed E-state index contributed by atoms with van der Waals surface area (Å²) in [5, 5.41) is 0. The first kappa shape index (κ1) is 15.8. The van der Waals surface area contributed by atoms with E-state index in [9.17, 15) is 9.59 Å². The maximum Gasteiger partial charge on any atom is 0.228 e. The number of piperidine rings is 1. The number of amides is 2. The van der Waals surface area contributed by atoms with Crippen LogP contribution in [-0.4, -0.2) is 43.0 Å². The molecule has 1 unspecified atom stereocenters. The van der Waals surface area contributed by atoms with Gasteiger partial charge in [0, 0.05) is 26.1 Å². The van der Waals surface area contributed by atoms with Gasteiger partial charge in [0.15, 0.2) is 0 Å². The maximum absolute atomic E-state index is 12.6. The van der Waals surface area contributed by atoms with Crippen LogP contribution in [0.4, 0.5) is 5.69 Å². The van der Waals surface area contributed by atoms with Gasteiger partial charge in [-0.3, -0.25) is 9.59 Å². The van der Waals surface area contributed by atoms with Crippen molar-refractivity contribution in [2.45, 2.75) is 32.6 Å². The molecule has 124 valence electrons. The van der Waals surface area contributed by atoms with Gasteiger partial charge in [-0.2, -0.15) is 0 Å². The van der Waals surface area contributed by atoms with Crippen molar-refractivity contribution in [2.24, 2.45) is 5.92 Å². The third-order valence-electron chi connectivity index (χ3n) is 4.60. The summed E-state index contributed by atoms with van der Waals surface area (Å²) in [6.07, 6.45) is 3.64. The van der Waals surface area contributed by atoms with Crippen molar-refractivity contribution in [3.8, 4) is 5.75 Å². The quantitative estimate of drug-likeness (QED) is 0.857. The van der Waals surface area contributed by atoms with Crippen molar-refractivity contribution < 1.29 is 14.3 Å². The van der Waals surface area contributed by atoms with Crippen LogP contribution in [0.3, 0.4) is 0 Å². The molecule has 1 aromatic rings. The van der Waals surface area contributed by atoms with Gasteiger partial charge >= 0.3 is 0 Å². The average molecular weight is 316 g/mol. The van der Waals surface area contributed by atoms with Gasteiger partial charge in [-0.25, -0.2) is 0 Å². The lowest BCUT2D eigenvalue weighted by Gasteiger charge is -2.29. The van der Waals surface area contributed by atoms with E-state index < -0.39 is 0 Å². The summed E-state index contributed by atoms with van der Waals surface area (Å²) in [6.45, 7) is 4.59. The Bertz CT molecular complexity index is 581. The fraction of sp³-hybridized carbons (Fsp3) is 0.556. The third-order valence-corrected chi connectivity index (χ3v) is 4.60. The van der Waals surface area contributed by atoms with Gasteiger partial charge in [0.05, 0.1) is 18.2 Å². The Hall–Kier alpha value is -2.04. The Balaban J connectivity index is 1.73. The molecule has 0 saturated carbocycles. The average Bonchev–Trinajstić information content (AvgIpc) is 2.97. The Morgan fingerprint density at radius 3 is 2.70 bits per heavy atom. The molecule has 2 heterocycles. The fourth-order valence-electron chi connectivity index (χ4n) is 3.44. The number of nitrogens with zero attached hydrogens (tertiary/aromatic N) is 2. The lowest BCUT2D eigenvalue weighted by Crippen LogP contribution is -2.40. The molecule has 2 aliphatic rings. The SMILES string of the molecule is CCOc1ccccc1N1CC(C(=O)N2CCCCC2)CC1=O. The van der Waals surface area contributed by atoms with Crippen LogP contribution in [0.2, 0.25) is 0 Å². The molecule has 0 bridgehead atoms. The van der Waals surface area contributed by atoms with Gasteiger partial charge in [-0.1, -0.05) is 12.1 Å². The van der Waals surface area contributed by atoms with Crippen LogP contribution in [0, 0.1) is 5.92 Å². The Kier molecular flexibility index (Phi) is 4.84. The molecule has 0 N–H and O–H groups in total. The van der Waals surface area contributed by atoms with E-state index in [0.717, 1.165) is 31.6 Å². The smallest absolute Gasteiger partial charge is 0.228 e. The van der Waals surface area contributed by atoms with Crippen molar-refractivity contribution in [1.29, 1.82) is 0 Å². The van der Waals surface area contributed by atoms with Crippen LogP contribution in [0.25, 0.3) is 0 Å². The summed E-state index contributed by atoms with van der Waals surface area (Å²) >= 11 is 0. The van der Waals surface area contributed by atoms with Crippen LogP contribution < -0.4 is 9.64 Å². The topological polar surface area (TPSA) is 49.9 Å². The van der Waals surface area contributed by atoms with Crippen LogP contribution in [-0.2, 0) is 9.59 Å². The number of hydrogen-bond acceptors (Lipinski definition) is 3. The van der Waals surface area contributed by atoms with Crippen molar-refractivity contribution in [3.05, 3.63) is 24.3 Å². The third kappa shape index (κ3) is 3.33. The number of likely N-dealkylation sites (tertiary alicyclic amines) is 1. The first-order chi connectivity index (χ1) is 11.2. The highest BCUT2D eigenvalue weighted by Crippen LogP contribution is 2.33. The molecular formula is C18H24N2O3. The highest BCUT2D eigenvalue weighted by atomic mass is 16.5. The second kappa shape index (κ2) is 7.02. The van der Waals surface area contributed by atoms with Crippen LogP contribution in [0.1, 0.15) is 32.6 Å². The summed E-state index contributed by atoms with van der Waals surface area (Å²) < 4.78 is 5.62. The zero-order chi connectivity index (χ0) is 16.2. The molecule has 23 heavy (non-hydrogen) atoms. The number of anilines is 1. The Morgan fingerprint density at radius 2 is 1.96 bits per heavy atom. The van der Waals surface area contributed by atoms with E-state index in [4.69, 9.17) is 4.74 Å². The summed E-state index contributed by atoms with van der Waals surface area (Å²) in [5.74, 6) is 0.617. The summed E-state index contributed by atoms with van der Waals surface area (Å²) in [4.78, 5) is 28.7. The van der Waals surface area contributed by atoms with Crippen LogP contribution >= 0.6 is 0 Å². The van der Waals surface area contributed by atoms with E-state index >= 15 is 0 Å². The van der Waals surface area contributed by atoms with E-state index in [2.05, 4.69) is 0 Å². The predicted molar refractivity (Wildman–Crippen MR) is 88.5 cm³/mol. The summed E-state index contributed by atoms with van der Waals surface area (Å²) in [5.41, 5.74) is 0.772. The number of benzene rings is 1. The van der Waals surface area contributed by atoms with E-state index in [1.807, 2.05) is 36.1 Å². The molecule has 5 nitrogen and oxygen atoms in total. The predicted octanol–water partition coefficient (Wildman–Crippen LogP) is 2.45. The molecule has 1 aromatic carbocycles. The molecule has 5 heteroatoms. The molecule has 1 atom stereocenters. The first-order valence-corrected chi connectivity index (χ1v) is 8.51. The van der Waals surface area contributed by atoms with E-state index in [0.29, 0.717) is 25.3 Å². The highest BCUT2D eigenvalue weighted by Gasteiger charge is 2.38. The van der Waals surface area contributed by atoms with Gasteiger partial charge in [0.1, 0.15) is 5.75 Å². The molecule has 3 rings (SSSR count). The summed E-state index contributed by atoms with van der Waals surface area (Å²) in [7, 11) is 0. The van der Waals surface area contributed by atoms with Crippen molar-refractivity contribution in [1.82, 2.24) is 4.90 Å². The number of para-hydroxylation sites is 2. The van der Waals surface area contributed by atoms with Crippen molar-refractivity contribution in [3.63, 3.8) is 0 Å². The molecule has 2 aliphatic heterocycles. The van der Waals surface area contributed by atoms with Crippen LogP contribution in [0.15, 0.2) is 24.3 Å². The zero-order valence-corrected chi connectivity index (χ0v) is 13.7. The molecule has 0 aromatic heterocycles. The standard InChI is InChI=1S/C18H24N2O3/c1-2-23-16-9-5-4-8-15(16)20-13-14(12-17(20)21)18(22)19-10-6-3-7-11-19/h4-5,8-9,14H,2-3,6-7,10-13H2,1H3. The Morgan fingerprint density at radius 1 is 1.22 bits per heavy atom.